The summed E-state index contributed by atoms with van der Waals surface area (Å²) in [4.78, 5) is 25.3. The minimum Gasteiger partial charge on any atom is -0.347 e. The minimum atomic E-state index is -0.592. The van der Waals surface area contributed by atoms with Crippen LogP contribution in [0.5, 0.6) is 0 Å². The molecule has 0 radical (unpaired) electrons. The zero-order valence-electron chi connectivity index (χ0n) is 15.0. The number of halogens is 1. The van der Waals surface area contributed by atoms with Gasteiger partial charge in [-0.2, -0.15) is 0 Å². The lowest BCUT2D eigenvalue weighted by Crippen LogP contribution is -2.50. The van der Waals surface area contributed by atoms with Crippen molar-refractivity contribution < 1.29 is 9.59 Å². The first-order valence-corrected chi connectivity index (χ1v) is 9.28. The van der Waals surface area contributed by atoms with E-state index < -0.39 is 6.04 Å². The highest BCUT2D eigenvalue weighted by Crippen LogP contribution is 2.30. The van der Waals surface area contributed by atoms with E-state index in [1.165, 1.54) is 11.1 Å². The molecular formula is C21H23ClN2O2. The first kappa shape index (κ1) is 18.5. The van der Waals surface area contributed by atoms with Gasteiger partial charge in [0.25, 0.3) is 5.91 Å². The van der Waals surface area contributed by atoms with Gasteiger partial charge in [-0.1, -0.05) is 49.7 Å². The Bertz CT molecular complexity index is 802. The molecule has 0 fully saturated rings. The third-order valence-corrected chi connectivity index (χ3v) is 5.04. The summed E-state index contributed by atoms with van der Waals surface area (Å²) in [6.45, 7) is 3.85. The SMILES string of the molecule is CC(C)[C@H](NC(=O)c1ccc(Cl)cc1)C(=O)N[C@H]1CCc2ccccc21. The third-order valence-electron chi connectivity index (χ3n) is 4.79. The quantitative estimate of drug-likeness (QED) is 0.838. The second-order valence-electron chi connectivity index (χ2n) is 7.00. The topological polar surface area (TPSA) is 58.2 Å². The van der Waals surface area contributed by atoms with Gasteiger partial charge in [-0.3, -0.25) is 9.59 Å². The minimum absolute atomic E-state index is 0.00684. The summed E-state index contributed by atoms with van der Waals surface area (Å²) in [6, 6.07) is 14.2. The number of fused-ring (bicyclic) bond motifs is 1. The summed E-state index contributed by atoms with van der Waals surface area (Å²) >= 11 is 5.86. The smallest absolute Gasteiger partial charge is 0.251 e. The average molecular weight is 371 g/mol. The number of benzene rings is 2. The van der Waals surface area contributed by atoms with Crippen LogP contribution >= 0.6 is 11.6 Å². The van der Waals surface area contributed by atoms with E-state index >= 15 is 0 Å². The fourth-order valence-electron chi connectivity index (χ4n) is 3.33. The van der Waals surface area contributed by atoms with E-state index in [4.69, 9.17) is 11.6 Å². The van der Waals surface area contributed by atoms with E-state index in [9.17, 15) is 9.59 Å². The van der Waals surface area contributed by atoms with E-state index in [-0.39, 0.29) is 23.8 Å². The van der Waals surface area contributed by atoms with Crippen molar-refractivity contribution in [3.63, 3.8) is 0 Å². The van der Waals surface area contributed by atoms with Crippen LogP contribution < -0.4 is 10.6 Å². The summed E-state index contributed by atoms with van der Waals surface area (Å²) in [6.07, 6.45) is 1.85. The summed E-state index contributed by atoms with van der Waals surface area (Å²) in [7, 11) is 0. The maximum absolute atomic E-state index is 12.8. The van der Waals surface area contributed by atoms with Gasteiger partial charge in [0, 0.05) is 10.6 Å². The number of carbonyl (C=O) groups excluding carboxylic acids is 2. The van der Waals surface area contributed by atoms with Crippen molar-refractivity contribution in [3.05, 3.63) is 70.2 Å². The molecule has 2 amide bonds. The number of amides is 2. The highest BCUT2D eigenvalue weighted by atomic mass is 35.5. The van der Waals surface area contributed by atoms with E-state index in [0.717, 1.165) is 12.8 Å². The largest absolute Gasteiger partial charge is 0.347 e. The van der Waals surface area contributed by atoms with Gasteiger partial charge in [0.05, 0.1) is 6.04 Å². The molecule has 0 saturated carbocycles. The molecule has 1 aliphatic rings. The Labute approximate surface area is 158 Å². The van der Waals surface area contributed by atoms with Gasteiger partial charge in [-0.25, -0.2) is 0 Å². The Hall–Kier alpha value is -2.33. The van der Waals surface area contributed by atoms with Gasteiger partial charge >= 0.3 is 0 Å². The summed E-state index contributed by atoms with van der Waals surface area (Å²) in [5.41, 5.74) is 2.94. The Balaban J connectivity index is 1.69. The fourth-order valence-corrected chi connectivity index (χ4v) is 3.46. The molecule has 3 rings (SSSR count). The maximum Gasteiger partial charge on any atom is 0.251 e. The Morgan fingerprint density at radius 2 is 1.77 bits per heavy atom. The number of nitrogens with one attached hydrogen (secondary N) is 2. The summed E-state index contributed by atoms with van der Waals surface area (Å²) in [5.74, 6) is -0.450. The van der Waals surface area contributed by atoms with Crippen LogP contribution in [-0.2, 0) is 11.2 Å². The van der Waals surface area contributed by atoms with Gasteiger partial charge < -0.3 is 10.6 Å². The second-order valence-corrected chi connectivity index (χ2v) is 7.44. The van der Waals surface area contributed by atoms with Crippen LogP contribution in [0, 0.1) is 5.92 Å². The van der Waals surface area contributed by atoms with Gasteiger partial charge in [0.1, 0.15) is 6.04 Å². The first-order chi connectivity index (χ1) is 12.5. The van der Waals surface area contributed by atoms with Gasteiger partial charge in [-0.05, 0) is 54.2 Å². The molecule has 136 valence electrons. The number of hydrogen-bond donors (Lipinski definition) is 2. The molecule has 0 unspecified atom stereocenters. The molecule has 4 nitrogen and oxygen atoms in total. The monoisotopic (exact) mass is 370 g/mol. The Kier molecular flexibility index (Phi) is 5.62. The average Bonchev–Trinajstić information content (AvgIpc) is 3.02. The van der Waals surface area contributed by atoms with Crippen molar-refractivity contribution in [2.75, 3.05) is 0 Å². The van der Waals surface area contributed by atoms with Crippen molar-refractivity contribution in [3.8, 4) is 0 Å². The van der Waals surface area contributed by atoms with Gasteiger partial charge in [0.2, 0.25) is 5.91 Å². The predicted molar refractivity (Wildman–Crippen MR) is 103 cm³/mol. The molecule has 2 atom stereocenters. The molecule has 2 aromatic carbocycles. The van der Waals surface area contributed by atoms with Crippen molar-refractivity contribution in [1.29, 1.82) is 0 Å². The van der Waals surface area contributed by atoms with Crippen LogP contribution in [0.3, 0.4) is 0 Å². The summed E-state index contributed by atoms with van der Waals surface area (Å²) < 4.78 is 0. The van der Waals surface area contributed by atoms with Crippen molar-refractivity contribution >= 4 is 23.4 Å². The number of aryl methyl sites for hydroxylation is 1. The molecule has 0 saturated heterocycles. The first-order valence-electron chi connectivity index (χ1n) is 8.90. The molecule has 0 aromatic heterocycles. The lowest BCUT2D eigenvalue weighted by atomic mass is 10.0. The maximum atomic E-state index is 12.8. The zero-order valence-corrected chi connectivity index (χ0v) is 15.7. The molecule has 1 aliphatic carbocycles. The lowest BCUT2D eigenvalue weighted by Gasteiger charge is -2.24. The molecule has 2 aromatic rings. The van der Waals surface area contributed by atoms with E-state index in [1.807, 2.05) is 26.0 Å². The normalized spacial score (nSPS) is 16.8. The number of rotatable bonds is 5. The molecule has 2 N–H and O–H groups in total. The molecule has 26 heavy (non-hydrogen) atoms. The molecule has 5 heteroatoms. The number of hydrogen-bond acceptors (Lipinski definition) is 2. The van der Waals surface area contributed by atoms with Gasteiger partial charge in [0.15, 0.2) is 0 Å². The molecular weight excluding hydrogens is 348 g/mol. The number of carbonyl (C=O) groups is 2. The predicted octanol–water partition coefficient (Wildman–Crippen LogP) is 3.90. The third kappa shape index (κ3) is 4.07. The highest BCUT2D eigenvalue weighted by Gasteiger charge is 2.29. The van der Waals surface area contributed by atoms with Crippen molar-refractivity contribution in [1.82, 2.24) is 10.6 Å². The van der Waals surface area contributed by atoms with Gasteiger partial charge in [-0.15, -0.1) is 0 Å². The van der Waals surface area contributed by atoms with Crippen LogP contribution in [-0.4, -0.2) is 17.9 Å². The zero-order chi connectivity index (χ0) is 18.7. The fraction of sp³-hybridized carbons (Fsp3) is 0.333. The Morgan fingerprint density at radius 1 is 1.08 bits per heavy atom. The highest BCUT2D eigenvalue weighted by molar-refractivity contribution is 6.30. The molecule has 0 aliphatic heterocycles. The lowest BCUT2D eigenvalue weighted by molar-refractivity contribution is -0.124. The summed E-state index contributed by atoms with van der Waals surface area (Å²) in [5, 5.41) is 6.53. The van der Waals surface area contributed by atoms with E-state index in [0.29, 0.717) is 10.6 Å². The second kappa shape index (κ2) is 7.92. The van der Waals surface area contributed by atoms with Crippen LogP contribution in [0.15, 0.2) is 48.5 Å². The van der Waals surface area contributed by atoms with Crippen molar-refractivity contribution in [2.24, 2.45) is 5.92 Å². The molecule has 0 heterocycles. The Morgan fingerprint density at radius 3 is 2.46 bits per heavy atom. The van der Waals surface area contributed by atoms with Crippen LogP contribution in [0.4, 0.5) is 0 Å². The van der Waals surface area contributed by atoms with Crippen LogP contribution in [0.1, 0.15) is 47.8 Å². The molecule has 0 spiro atoms. The van der Waals surface area contributed by atoms with Crippen LogP contribution in [0.25, 0.3) is 0 Å². The van der Waals surface area contributed by atoms with Crippen LogP contribution in [0.2, 0.25) is 5.02 Å². The standard InChI is InChI=1S/C21H23ClN2O2/c1-13(2)19(24-20(25)15-7-10-16(22)11-8-15)21(26)23-18-12-9-14-5-3-4-6-17(14)18/h3-8,10-11,13,18-19H,9,12H2,1-2H3,(H,23,26)(H,24,25)/t18-,19-/m0/s1. The van der Waals surface area contributed by atoms with E-state index in [2.05, 4.69) is 22.8 Å². The van der Waals surface area contributed by atoms with E-state index in [1.54, 1.807) is 24.3 Å². The molecule has 0 bridgehead atoms. The van der Waals surface area contributed by atoms with Crippen molar-refractivity contribution in [2.45, 2.75) is 38.8 Å².